The maximum Gasteiger partial charge on any atom is 0.259 e. The highest BCUT2D eigenvalue weighted by Crippen LogP contribution is 2.40. The maximum atomic E-state index is 4.44. The molecule has 1 aliphatic rings. The molecule has 0 spiro atoms. The van der Waals surface area contributed by atoms with E-state index in [-0.39, 0.29) is 0 Å². The average molecular weight is 316 g/mol. The first kappa shape index (κ1) is 12.2. The monoisotopic (exact) mass is 316 g/mol. The zero-order valence-electron chi connectivity index (χ0n) is 12.6. The third-order valence-corrected chi connectivity index (χ3v) is 4.66. The van der Waals surface area contributed by atoms with Gasteiger partial charge in [-0.05, 0) is 25.0 Å². The van der Waals surface area contributed by atoms with E-state index in [1.807, 2.05) is 45.7 Å². The van der Waals surface area contributed by atoms with Crippen molar-refractivity contribution in [3.8, 4) is 5.95 Å². The number of rotatable bonds is 2. The van der Waals surface area contributed by atoms with Gasteiger partial charge >= 0.3 is 0 Å². The van der Waals surface area contributed by atoms with Crippen molar-refractivity contribution in [2.45, 2.75) is 18.8 Å². The van der Waals surface area contributed by atoms with Crippen molar-refractivity contribution in [2.75, 3.05) is 0 Å². The van der Waals surface area contributed by atoms with Gasteiger partial charge in [-0.2, -0.15) is 4.68 Å². The standard InChI is InChI=1S/C16H12N8/c1-2-4-12-11(3-1)15-19-20-16(23(15)14-8-17-9-22(12)14)24-13(7-18-21-24)10-5-6-10/h1-4,7-10H,5-6H2. The van der Waals surface area contributed by atoms with Gasteiger partial charge in [-0.3, -0.25) is 4.40 Å². The molecule has 1 aliphatic carbocycles. The van der Waals surface area contributed by atoms with Gasteiger partial charge in [0, 0.05) is 11.3 Å². The smallest absolute Gasteiger partial charge is 0.259 e. The Morgan fingerprint density at radius 3 is 2.88 bits per heavy atom. The molecule has 0 unspecified atom stereocenters. The molecule has 0 N–H and O–H groups in total. The van der Waals surface area contributed by atoms with Crippen molar-refractivity contribution in [1.82, 2.24) is 39.0 Å². The maximum absolute atomic E-state index is 4.44. The Labute approximate surface area is 135 Å². The molecule has 6 rings (SSSR count). The number of hydrogen-bond donors (Lipinski definition) is 0. The summed E-state index contributed by atoms with van der Waals surface area (Å²) in [6.07, 6.45) is 7.81. The summed E-state index contributed by atoms with van der Waals surface area (Å²) in [5, 5.41) is 18.2. The predicted molar refractivity (Wildman–Crippen MR) is 86.1 cm³/mol. The quantitative estimate of drug-likeness (QED) is 0.498. The lowest BCUT2D eigenvalue weighted by atomic mass is 10.2. The van der Waals surface area contributed by atoms with E-state index in [0.29, 0.717) is 11.9 Å². The Bertz CT molecular complexity index is 1220. The summed E-state index contributed by atoms with van der Waals surface area (Å²) < 4.78 is 5.85. The zero-order valence-corrected chi connectivity index (χ0v) is 12.6. The van der Waals surface area contributed by atoms with E-state index >= 15 is 0 Å². The van der Waals surface area contributed by atoms with Crippen LogP contribution < -0.4 is 0 Å². The molecular formula is C16H12N8. The van der Waals surface area contributed by atoms with Crippen LogP contribution in [0.4, 0.5) is 0 Å². The second-order valence-corrected chi connectivity index (χ2v) is 6.14. The van der Waals surface area contributed by atoms with Gasteiger partial charge in [0.15, 0.2) is 5.65 Å². The highest BCUT2D eigenvalue weighted by Gasteiger charge is 2.30. The lowest BCUT2D eigenvalue weighted by Crippen LogP contribution is -2.08. The van der Waals surface area contributed by atoms with Crippen LogP contribution in [0.2, 0.25) is 0 Å². The van der Waals surface area contributed by atoms with Crippen molar-refractivity contribution >= 4 is 22.2 Å². The SMILES string of the molecule is c1ccc2c(c1)c1nnc(-n3nncc3C3CC3)n1c1cncn21. The topological polar surface area (TPSA) is 78.2 Å². The molecule has 4 aromatic heterocycles. The van der Waals surface area contributed by atoms with E-state index in [1.54, 1.807) is 4.68 Å². The first-order chi connectivity index (χ1) is 11.9. The molecule has 0 aliphatic heterocycles. The molecule has 0 amide bonds. The van der Waals surface area contributed by atoms with E-state index in [0.717, 1.165) is 27.9 Å². The Kier molecular flexibility index (Phi) is 2.11. The van der Waals surface area contributed by atoms with Crippen LogP contribution in [0.25, 0.3) is 28.1 Å². The highest BCUT2D eigenvalue weighted by atomic mass is 15.5. The van der Waals surface area contributed by atoms with Crippen LogP contribution in [0.1, 0.15) is 24.5 Å². The zero-order chi connectivity index (χ0) is 15.7. The molecule has 4 heterocycles. The van der Waals surface area contributed by atoms with Crippen LogP contribution in [0.5, 0.6) is 0 Å². The Morgan fingerprint density at radius 2 is 1.96 bits per heavy atom. The molecule has 24 heavy (non-hydrogen) atoms. The van der Waals surface area contributed by atoms with Crippen molar-refractivity contribution in [2.24, 2.45) is 0 Å². The van der Waals surface area contributed by atoms with Crippen LogP contribution in [-0.4, -0.2) is 39.0 Å². The van der Waals surface area contributed by atoms with Gasteiger partial charge < -0.3 is 0 Å². The second kappa shape index (κ2) is 4.16. The molecule has 116 valence electrons. The molecule has 0 atom stereocenters. The molecule has 8 heteroatoms. The third-order valence-electron chi connectivity index (χ3n) is 4.66. The van der Waals surface area contributed by atoms with Gasteiger partial charge in [0.25, 0.3) is 5.95 Å². The van der Waals surface area contributed by atoms with Crippen molar-refractivity contribution in [3.63, 3.8) is 0 Å². The van der Waals surface area contributed by atoms with Crippen LogP contribution in [-0.2, 0) is 0 Å². The first-order valence-corrected chi connectivity index (χ1v) is 7.91. The summed E-state index contributed by atoms with van der Waals surface area (Å²) in [5.41, 5.74) is 3.85. The molecule has 0 radical (unpaired) electrons. The minimum absolute atomic E-state index is 0.522. The molecule has 8 nitrogen and oxygen atoms in total. The lowest BCUT2D eigenvalue weighted by molar-refractivity contribution is 0.715. The van der Waals surface area contributed by atoms with Crippen LogP contribution in [0.3, 0.4) is 0 Å². The third kappa shape index (κ3) is 1.45. The summed E-state index contributed by atoms with van der Waals surface area (Å²) in [6, 6.07) is 8.12. The van der Waals surface area contributed by atoms with Crippen LogP contribution in [0.15, 0.2) is 43.0 Å². The Balaban J connectivity index is 1.80. The summed E-state index contributed by atoms with van der Waals surface area (Å²) >= 11 is 0. The van der Waals surface area contributed by atoms with Crippen molar-refractivity contribution in [3.05, 3.63) is 48.7 Å². The number of benzene rings is 1. The number of hydrogen-bond acceptors (Lipinski definition) is 5. The van der Waals surface area contributed by atoms with E-state index in [4.69, 9.17) is 0 Å². The summed E-state index contributed by atoms with van der Waals surface area (Å²) in [4.78, 5) is 4.31. The minimum Gasteiger partial charge on any atom is -0.284 e. The summed E-state index contributed by atoms with van der Waals surface area (Å²) in [5.74, 6) is 1.18. The number of para-hydroxylation sites is 1. The first-order valence-electron chi connectivity index (χ1n) is 7.91. The minimum atomic E-state index is 0.522. The number of aromatic nitrogens is 8. The summed E-state index contributed by atoms with van der Waals surface area (Å²) in [6.45, 7) is 0. The van der Waals surface area contributed by atoms with E-state index < -0.39 is 0 Å². The molecule has 1 aromatic carbocycles. The number of nitrogens with zero attached hydrogens (tertiary/aromatic N) is 8. The Morgan fingerprint density at radius 1 is 1.04 bits per heavy atom. The molecule has 5 aromatic rings. The van der Waals surface area contributed by atoms with Crippen LogP contribution in [0, 0.1) is 0 Å². The highest BCUT2D eigenvalue weighted by molar-refractivity contribution is 5.94. The number of imidazole rings is 1. The normalized spacial score (nSPS) is 15.0. The van der Waals surface area contributed by atoms with Gasteiger partial charge in [0.2, 0.25) is 0 Å². The average Bonchev–Trinajstić information content (AvgIpc) is 3.05. The van der Waals surface area contributed by atoms with Gasteiger partial charge in [-0.15, -0.1) is 15.3 Å². The molecule has 1 fully saturated rings. The van der Waals surface area contributed by atoms with Crippen molar-refractivity contribution < 1.29 is 0 Å². The molecule has 1 saturated carbocycles. The molecule has 0 saturated heterocycles. The lowest BCUT2D eigenvalue weighted by Gasteiger charge is -2.08. The van der Waals surface area contributed by atoms with Crippen molar-refractivity contribution in [1.29, 1.82) is 0 Å². The van der Waals surface area contributed by atoms with Gasteiger partial charge in [-0.25, -0.2) is 9.38 Å². The fourth-order valence-corrected chi connectivity index (χ4v) is 3.37. The molecule has 0 bridgehead atoms. The fraction of sp³-hybridized carbons (Fsp3) is 0.188. The van der Waals surface area contributed by atoms with E-state index in [2.05, 4.69) is 31.6 Å². The molecular weight excluding hydrogens is 304 g/mol. The number of fused-ring (bicyclic) bond motifs is 6. The summed E-state index contributed by atoms with van der Waals surface area (Å²) in [7, 11) is 0. The van der Waals surface area contributed by atoms with E-state index in [9.17, 15) is 0 Å². The van der Waals surface area contributed by atoms with Gasteiger partial charge in [0.05, 0.1) is 23.6 Å². The van der Waals surface area contributed by atoms with Gasteiger partial charge in [0.1, 0.15) is 12.0 Å². The van der Waals surface area contributed by atoms with E-state index in [1.165, 1.54) is 12.8 Å². The second-order valence-electron chi connectivity index (χ2n) is 6.14. The predicted octanol–water partition coefficient (Wildman–Crippen LogP) is 1.99. The van der Waals surface area contributed by atoms with Crippen LogP contribution >= 0.6 is 0 Å². The largest absolute Gasteiger partial charge is 0.284 e. The fourth-order valence-electron chi connectivity index (χ4n) is 3.37. The van der Waals surface area contributed by atoms with Gasteiger partial charge in [-0.1, -0.05) is 17.3 Å². The Hall–Kier alpha value is -3.29.